The molecule has 3 N–H and O–H groups in total. The van der Waals surface area contributed by atoms with E-state index in [1.54, 1.807) is 6.07 Å². The van der Waals surface area contributed by atoms with Crippen LogP contribution in [0, 0.1) is 5.92 Å². The predicted octanol–water partition coefficient (Wildman–Crippen LogP) is 3.37. The molecule has 160 valence electrons. The highest BCUT2D eigenvalue weighted by atomic mass is 16.3. The van der Waals surface area contributed by atoms with E-state index in [0.29, 0.717) is 29.7 Å². The number of benzene rings is 3. The SMILES string of the molecule is O=C(Nc1ccccc1)C1CCN(c2ccc(-c3n[nH]c(=O)c4ccccc34)cc2)C1O. The summed E-state index contributed by atoms with van der Waals surface area (Å²) < 4.78 is 0. The fourth-order valence-electron chi connectivity index (χ4n) is 4.23. The first-order valence-electron chi connectivity index (χ1n) is 10.5. The summed E-state index contributed by atoms with van der Waals surface area (Å²) in [7, 11) is 0. The molecule has 0 bridgehead atoms. The number of carbonyl (C=O) groups is 1. The molecule has 1 fully saturated rings. The molecule has 3 aromatic carbocycles. The zero-order chi connectivity index (χ0) is 22.1. The lowest BCUT2D eigenvalue weighted by Crippen LogP contribution is -2.37. The van der Waals surface area contributed by atoms with Crippen LogP contribution >= 0.6 is 0 Å². The number of H-pyrrole nitrogens is 1. The summed E-state index contributed by atoms with van der Waals surface area (Å²) in [6.07, 6.45) is -0.343. The number of hydrogen-bond acceptors (Lipinski definition) is 5. The maximum absolute atomic E-state index is 12.7. The van der Waals surface area contributed by atoms with Crippen LogP contribution in [0.5, 0.6) is 0 Å². The van der Waals surface area contributed by atoms with E-state index in [9.17, 15) is 14.7 Å². The minimum Gasteiger partial charge on any atom is -0.373 e. The van der Waals surface area contributed by atoms with Crippen molar-refractivity contribution in [2.75, 3.05) is 16.8 Å². The topological polar surface area (TPSA) is 98.3 Å². The quantitative estimate of drug-likeness (QED) is 0.465. The van der Waals surface area contributed by atoms with Crippen molar-refractivity contribution < 1.29 is 9.90 Å². The minimum absolute atomic E-state index is 0.188. The maximum Gasteiger partial charge on any atom is 0.272 e. The molecule has 0 radical (unpaired) electrons. The summed E-state index contributed by atoms with van der Waals surface area (Å²) >= 11 is 0. The molecule has 7 nitrogen and oxygen atoms in total. The second kappa shape index (κ2) is 8.28. The number of carbonyl (C=O) groups excluding carboxylic acids is 1. The van der Waals surface area contributed by atoms with E-state index in [0.717, 1.165) is 16.6 Å². The Morgan fingerprint density at radius 3 is 2.41 bits per heavy atom. The molecule has 1 amide bonds. The van der Waals surface area contributed by atoms with Crippen LogP contribution in [-0.2, 0) is 4.79 Å². The fraction of sp³-hybridized carbons (Fsp3) is 0.160. The molecular weight excluding hydrogens is 404 g/mol. The molecule has 1 aliphatic rings. The number of fused-ring (bicyclic) bond motifs is 1. The number of hydrogen-bond donors (Lipinski definition) is 3. The number of anilines is 2. The van der Waals surface area contributed by atoms with Crippen LogP contribution in [0.2, 0.25) is 0 Å². The molecule has 0 spiro atoms. The molecule has 2 heterocycles. The van der Waals surface area contributed by atoms with Gasteiger partial charge in [0.05, 0.1) is 17.0 Å². The fourth-order valence-corrected chi connectivity index (χ4v) is 4.23. The summed E-state index contributed by atoms with van der Waals surface area (Å²) in [5.41, 5.74) is 2.86. The molecule has 2 atom stereocenters. The molecular formula is C25H22N4O3. The van der Waals surface area contributed by atoms with E-state index in [2.05, 4.69) is 15.5 Å². The van der Waals surface area contributed by atoms with Crippen molar-refractivity contribution in [3.8, 4) is 11.3 Å². The van der Waals surface area contributed by atoms with Gasteiger partial charge in [0.15, 0.2) is 0 Å². The lowest BCUT2D eigenvalue weighted by atomic mass is 10.0. The number of aromatic nitrogens is 2. The molecule has 5 rings (SSSR count). The maximum atomic E-state index is 12.7. The zero-order valence-corrected chi connectivity index (χ0v) is 17.2. The monoisotopic (exact) mass is 426 g/mol. The Morgan fingerprint density at radius 2 is 1.66 bits per heavy atom. The second-order valence-corrected chi connectivity index (χ2v) is 7.85. The van der Waals surface area contributed by atoms with Crippen LogP contribution in [0.3, 0.4) is 0 Å². The Labute approximate surface area is 184 Å². The van der Waals surface area contributed by atoms with Gasteiger partial charge in [0.1, 0.15) is 6.23 Å². The Kier molecular flexibility index (Phi) is 5.17. The predicted molar refractivity (Wildman–Crippen MR) is 124 cm³/mol. The van der Waals surface area contributed by atoms with Gasteiger partial charge in [-0.3, -0.25) is 9.59 Å². The van der Waals surface area contributed by atoms with Crippen LogP contribution in [-0.4, -0.2) is 34.0 Å². The van der Waals surface area contributed by atoms with Crippen molar-refractivity contribution in [3.05, 3.63) is 89.2 Å². The van der Waals surface area contributed by atoms with E-state index >= 15 is 0 Å². The number of aliphatic hydroxyl groups excluding tert-OH is 1. The van der Waals surface area contributed by atoms with Crippen molar-refractivity contribution in [1.82, 2.24) is 10.2 Å². The minimum atomic E-state index is -0.906. The summed E-state index contributed by atoms with van der Waals surface area (Å²) in [6.45, 7) is 0.577. The third-order valence-corrected chi connectivity index (χ3v) is 5.91. The van der Waals surface area contributed by atoms with Gasteiger partial charge in [-0.05, 0) is 36.8 Å². The van der Waals surface area contributed by atoms with E-state index < -0.39 is 12.1 Å². The number of nitrogens with one attached hydrogen (secondary N) is 2. The van der Waals surface area contributed by atoms with Gasteiger partial charge in [-0.15, -0.1) is 0 Å². The molecule has 1 saturated heterocycles. The highest BCUT2D eigenvalue weighted by Crippen LogP contribution is 2.32. The van der Waals surface area contributed by atoms with E-state index in [1.165, 1.54) is 0 Å². The summed E-state index contributed by atoms with van der Waals surface area (Å²) in [5, 5.41) is 21.9. The molecule has 1 aliphatic heterocycles. The zero-order valence-electron chi connectivity index (χ0n) is 17.2. The second-order valence-electron chi connectivity index (χ2n) is 7.85. The van der Waals surface area contributed by atoms with Crippen molar-refractivity contribution in [2.24, 2.45) is 5.92 Å². The number of aromatic amines is 1. The Hall–Kier alpha value is -3.97. The van der Waals surface area contributed by atoms with Gasteiger partial charge in [-0.2, -0.15) is 5.10 Å². The first-order chi connectivity index (χ1) is 15.6. The van der Waals surface area contributed by atoms with E-state index in [-0.39, 0.29) is 11.5 Å². The number of amides is 1. The summed E-state index contributed by atoms with van der Waals surface area (Å²) in [5.74, 6) is -0.702. The first-order valence-corrected chi connectivity index (χ1v) is 10.5. The van der Waals surface area contributed by atoms with Crippen LogP contribution in [0.15, 0.2) is 83.7 Å². The van der Waals surface area contributed by atoms with Gasteiger partial charge >= 0.3 is 0 Å². The lowest BCUT2D eigenvalue weighted by Gasteiger charge is -2.25. The Morgan fingerprint density at radius 1 is 0.969 bits per heavy atom. The first kappa shape index (κ1) is 20.0. The van der Waals surface area contributed by atoms with Gasteiger partial charge in [-0.25, -0.2) is 5.10 Å². The van der Waals surface area contributed by atoms with Crippen molar-refractivity contribution in [2.45, 2.75) is 12.6 Å². The van der Waals surface area contributed by atoms with Crippen LogP contribution < -0.4 is 15.8 Å². The molecule has 1 aromatic heterocycles. The van der Waals surface area contributed by atoms with Crippen molar-refractivity contribution in [3.63, 3.8) is 0 Å². The van der Waals surface area contributed by atoms with Gasteiger partial charge < -0.3 is 15.3 Å². The third kappa shape index (κ3) is 3.63. The number of nitrogens with zero attached hydrogens (tertiary/aromatic N) is 2. The van der Waals surface area contributed by atoms with Gasteiger partial charge in [0.2, 0.25) is 5.91 Å². The Bertz CT molecular complexity index is 1320. The standard InChI is InChI=1S/C25H22N4O3/c30-23(26-17-6-2-1-3-7-17)21-14-15-29(25(21)32)18-12-10-16(11-13-18)22-19-8-4-5-9-20(19)24(31)28-27-22/h1-13,21,25,32H,14-15H2,(H,26,30)(H,28,31). The third-order valence-electron chi connectivity index (χ3n) is 5.91. The normalized spacial score (nSPS) is 18.1. The molecule has 2 unspecified atom stereocenters. The van der Waals surface area contributed by atoms with Crippen LogP contribution in [0.4, 0.5) is 11.4 Å². The van der Waals surface area contributed by atoms with Crippen LogP contribution in [0.25, 0.3) is 22.0 Å². The highest BCUT2D eigenvalue weighted by Gasteiger charge is 2.37. The van der Waals surface area contributed by atoms with Crippen molar-refractivity contribution in [1.29, 1.82) is 0 Å². The van der Waals surface area contributed by atoms with E-state index in [1.807, 2.05) is 77.7 Å². The molecule has 0 saturated carbocycles. The average molecular weight is 426 g/mol. The van der Waals surface area contributed by atoms with Gasteiger partial charge in [-0.1, -0.05) is 48.5 Å². The molecule has 32 heavy (non-hydrogen) atoms. The summed E-state index contributed by atoms with van der Waals surface area (Å²) in [4.78, 5) is 26.5. The van der Waals surface area contributed by atoms with Crippen molar-refractivity contribution >= 4 is 28.1 Å². The number of aliphatic hydroxyl groups is 1. The van der Waals surface area contributed by atoms with Gasteiger partial charge in [0.25, 0.3) is 5.56 Å². The highest BCUT2D eigenvalue weighted by molar-refractivity contribution is 5.94. The molecule has 4 aromatic rings. The lowest BCUT2D eigenvalue weighted by molar-refractivity contribution is -0.122. The van der Waals surface area contributed by atoms with Crippen LogP contribution in [0.1, 0.15) is 6.42 Å². The smallest absolute Gasteiger partial charge is 0.272 e. The van der Waals surface area contributed by atoms with E-state index in [4.69, 9.17) is 0 Å². The molecule has 0 aliphatic carbocycles. The van der Waals surface area contributed by atoms with Gasteiger partial charge in [0, 0.05) is 28.9 Å². The number of rotatable bonds is 4. The largest absolute Gasteiger partial charge is 0.373 e. The average Bonchev–Trinajstić information content (AvgIpc) is 3.22. The summed E-state index contributed by atoms with van der Waals surface area (Å²) in [6, 6.07) is 24.2. The molecule has 7 heteroatoms. The Balaban J connectivity index is 1.35. The number of para-hydroxylation sites is 1.